The second-order valence-electron chi connectivity index (χ2n) is 3.55. The van der Waals surface area contributed by atoms with Crippen LogP contribution in [0.15, 0.2) is 4.52 Å². The zero-order valence-electron chi connectivity index (χ0n) is 8.29. The molecule has 1 aromatic heterocycles. The Bertz CT molecular complexity index is 333. The molecule has 0 saturated carbocycles. The van der Waals surface area contributed by atoms with Crippen molar-refractivity contribution in [2.24, 2.45) is 0 Å². The molecule has 5 heteroatoms. The highest BCUT2D eigenvalue weighted by Gasteiger charge is 2.16. The molecule has 2 rings (SSSR count). The van der Waals surface area contributed by atoms with Crippen LogP contribution in [0.3, 0.4) is 0 Å². The molecule has 2 heterocycles. The Labute approximate surface area is 82.6 Å². The van der Waals surface area contributed by atoms with Crippen LogP contribution >= 0.6 is 0 Å². The lowest BCUT2D eigenvalue weighted by Crippen LogP contribution is -2.34. The fourth-order valence-corrected chi connectivity index (χ4v) is 1.64. The van der Waals surface area contributed by atoms with E-state index < -0.39 is 0 Å². The first-order valence-corrected chi connectivity index (χ1v) is 4.87. The molecule has 1 aliphatic heterocycles. The normalized spacial score (nSPS) is 17.5. The molecule has 0 unspecified atom stereocenters. The van der Waals surface area contributed by atoms with Gasteiger partial charge in [-0.05, 0) is 12.8 Å². The number of hydrogen-bond donors (Lipinski definition) is 1. The number of nitrogens with zero attached hydrogens (tertiary/aromatic N) is 3. The molecule has 0 bridgehead atoms. The van der Waals surface area contributed by atoms with Gasteiger partial charge < -0.3 is 9.42 Å². The zero-order chi connectivity index (χ0) is 9.97. The van der Waals surface area contributed by atoms with Crippen molar-refractivity contribution in [1.82, 2.24) is 15.0 Å². The third-order valence-corrected chi connectivity index (χ3v) is 2.38. The van der Waals surface area contributed by atoms with Crippen molar-refractivity contribution < 1.29 is 4.52 Å². The van der Waals surface area contributed by atoms with E-state index in [1.807, 2.05) is 4.90 Å². The average Bonchev–Trinajstić information content (AvgIpc) is 2.56. The smallest absolute Gasteiger partial charge is 0.223 e. The molecule has 0 spiro atoms. The van der Waals surface area contributed by atoms with E-state index in [9.17, 15) is 0 Å². The monoisotopic (exact) mass is 194 g/mol. The van der Waals surface area contributed by atoms with Crippen molar-refractivity contribution in [3.05, 3.63) is 11.7 Å². The van der Waals surface area contributed by atoms with Gasteiger partial charge in [-0.25, -0.2) is 0 Å². The van der Waals surface area contributed by atoms with Crippen molar-refractivity contribution in [2.45, 2.75) is 32.7 Å². The molecular weight excluding hydrogens is 180 g/mol. The highest BCUT2D eigenvalue weighted by Crippen LogP contribution is 2.13. The van der Waals surface area contributed by atoms with Crippen LogP contribution in [0.1, 0.15) is 31.0 Å². The Hall–Kier alpha value is -1.39. The third-order valence-electron chi connectivity index (χ3n) is 2.38. The number of likely N-dealkylation sites (tertiary alicyclic amines) is 1. The Kier molecular flexibility index (Phi) is 2.47. The summed E-state index contributed by atoms with van der Waals surface area (Å²) in [6, 6.07) is 0. The van der Waals surface area contributed by atoms with E-state index in [0.717, 1.165) is 25.8 Å². The lowest BCUT2D eigenvalue weighted by molar-refractivity contribution is 0.336. The summed E-state index contributed by atoms with van der Waals surface area (Å²) in [5.41, 5.74) is 0. The summed E-state index contributed by atoms with van der Waals surface area (Å²) in [4.78, 5) is 6.13. The van der Waals surface area contributed by atoms with Gasteiger partial charge in [0, 0.05) is 19.9 Å². The molecule has 1 aromatic rings. The van der Waals surface area contributed by atoms with Crippen LogP contribution in [-0.4, -0.2) is 27.4 Å². The molecule has 0 aromatic carbocycles. The molecule has 14 heavy (non-hydrogen) atoms. The summed E-state index contributed by atoms with van der Waals surface area (Å²) in [5.74, 6) is 1.95. The second-order valence-corrected chi connectivity index (χ2v) is 3.55. The number of amidine groups is 1. The van der Waals surface area contributed by atoms with E-state index >= 15 is 0 Å². The van der Waals surface area contributed by atoms with Gasteiger partial charge in [-0.2, -0.15) is 4.98 Å². The van der Waals surface area contributed by atoms with E-state index in [-0.39, 0.29) is 0 Å². The molecule has 1 saturated heterocycles. The largest absolute Gasteiger partial charge is 0.353 e. The number of nitrogens with one attached hydrogen (secondary N) is 1. The molecule has 5 nitrogen and oxygen atoms in total. The highest BCUT2D eigenvalue weighted by atomic mass is 16.5. The van der Waals surface area contributed by atoms with E-state index in [0.29, 0.717) is 24.1 Å². The fourth-order valence-electron chi connectivity index (χ4n) is 1.64. The number of aromatic nitrogens is 2. The van der Waals surface area contributed by atoms with E-state index in [1.54, 1.807) is 6.92 Å². The van der Waals surface area contributed by atoms with E-state index in [4.69, 9.17) is 9.93 Å². The molecule has 76 valence electrons. The Balaban J connectivity index is 1.99. The van der Waals surface area contributed by atoms with Crippen LogP contribution in [0.4, 0.5) is 0 Å². The molecule has 1 fully saturated rings. The summed E-state index contributed by atoms with van der Waals surface area (Å²) < 4.78 is 4.88. The van der Waals surface area contributed by atoms with Gasteiger partial charge >= 0.3 is 0 Å². The van der Waals surface area contributed by atoms with Gasteiger partial charge in [0.05, 0.1) is 12.4 Å². The van der Waals surface area contributed by atoms with Gasteiger partial charge in [0.2, 0.25) is 5.89 Å². The van der Waals surface area contributed by atoms with Crippen LogP contribution in [-0.2, 0) is 6.54 Å². The van der Waals surface area contributed by atoms with Crippen molar-refractivity contribution in [3.8, 4) is 0 Å². The maximum atomic E-state index is 7.74. The van der Waals surface area contributed by atoms with E-state index in [1.165, 1.54) is 0 Å². The van der Waals surface area contributed by atoms with Crippen molar-refractivity contribution >= 4 is 5.84 Å². The zero-order valence-corrected chi connectivity index (χ0v) is 8.29. The van der Waals surface area contributed by atoms with Gasteiger partial charge in [-0.3, -0.25) is 5.41 Å². The van der Waals surface area contributed by atoms with Crippen LogP contribution < -0.4 is 0 Å². The Morgan fingerprint density at radius 2 is 2.36 bits per heavy atom. The molecule has 1 N–H and O–H groups in total. The maximum Gasteiger partial charge on any atom is 0.223 e. The number of piperidine rings is 1. The summed E-state index contributed by atoms with van der Waals surface area (Å²) in [5, 5.41) is 11.6. The van der Waals surface area contributed by atoms with Gasteiger partial charge in [-0.1, -0.05) is 5.16 Å². The van der Waals surface area contributed by atoms with Crippen molar-refractivity contribution in [3.63, 3.8) is 0 Å². The van der Waals surface area contributed by atoms with Crippen LogP contribution in [0.5, 0.6) is 0 Å². The standard InChI is InChI=1S/C9H14N4O/c1-7-11-9(12-14-7)6-13-5-3-2-4-8(13)10/h10H,2-6H2,1H3. The molecule has 0 atom stereocenters. The number of hydrogen-bond acceptors (Lipinski definition) is 4. The lowest BCUT2D eigenvalue weighted by Gasteiger charge is -2.27. The summed E-state index contributed by atoms with van der Waals surface area (Å²) >= 11 is 0. The second kappa shape index (κ2) is 3.77. The van der Waals surface area contributed by atoms with E-state index in [2.05, 4.69) is 10.1 Å². The first-order valence-electron chi connectivity index (χ1n) is 4.87. The van der Waals surface area contributed by atoms with Gasteiger partial charge in [0.15, 0.2) is 5.82 Å². The predicted octanol–water partition coefficient (Wildman–Crippen LogP) is 1.34. The van der Waals surface area contributed by atoms with Crippen molar-refractivity contribution in [1.29, 1.82) is 5.41 Å². The average molecular weight is 194 g/mol. The highest BCUT2D eigenvalue weighted by molar-refractivity contribution is 5.79. The number of rotatable bonds is 2. The molecule has 1 aliphatic rings. The quantitative estimate of drug-likeness (QED) is 0.771. The minimum absolute atomic E-state index is 0.587. The Morgan fingerprint density at radius 1 is 1.50 bits per heavy atom. The lowest BCUT2D eigenvalue weighted by atomic mass is 10.1. The minimum Gasteiger partial charge on any atom is -0.353 e. The van der Waals surface area contributed by atoms with Crippen LogP contribution in [0.2, 0.25) is 0 Å². The first-order chi connectivity index (χ1) is 6.75. The Morgan fingerprint density at radius 3 is 3.00 bits per heavy atom. The van der Waals surface area contributed by atoms with Crippen LogP contribution in [0, 0.1) is 12.3 Å². The first kappa shape index (κ1) is 9.18. The third kappa shape index (κ3) is 1.92. The summed E-state index contributed by atoms with van der Waals surface area (Å²) in [7, 11) is 0. The molecule has 0 radical (unpaired) electrons. The molecule has 0 aliphatic carbocycles. The topological polar surface area (TPSA) is 66.0 Å². The van der Waals surface area contributed by atoms with Gasteiger partial charge in [0.25, 0.3) is 0 Å². The van der Waals surface area contributed by atoms with Gasteiger partial charge in [-0.15, -0.1) is 0 Å². The maximum absolute atomic E-state index is 7.74. The number of aryl methyl sites for hydroxylation is 1. The SMILES string of the molecule is Cc1nc(CN2CCCCC2=N)no1. The van der Waals surface area contributed by atoms with Crippen LogP contribution in [0.25, 0.3) is 0 Å². The molecular formula is C9H14N4O. The predicted molar refractivity (Wildman–Crippen MR) is 51.0 cm³/mol. The summed E-state index contributed by atoms with van der Waals surface area (Å²) in [6.45, 7) is 3.32. The summed E-state index contributed by atoms with van der Waals surface area (Å²) in [6.07, 6.45) is 3.15. The van der Waals surface area contributed by atoms with Crippen molar-refractivity contribution in [2.75, 3.05) is 6.54 Å². The fraction of sp³-hybridized carbons (Fsp3) is 0.667. The van der Waals surface area contributed by atoms with Gasteiger partial charge in [0.1, 0.15) is 0 Å². The minimum atomic E-state index is 0.587. The molecule has 0 amide bonds.